The van der Waals surface area contributed by atoms with E-state index in [1.165, 1.54) is 0 Å². The van der Waals surface area contributed by atoms with Crippen molar-refractivity contribution in [2.75, 3.05) is 17.8 Å². The number of ether oxygens (including phenoxy) is 1. The van der Waals surface area contributed by atoms with Crippen molar-refractivity contribution in [2.24, 2.45) is 0 Å². The van der Waals surface area contributed by atoms with Gasteiger partial charge in [0, 0.05) is 23.6 Å². The van der Waals surface area contributed by atoms with Crippen LogP contribution in [0.25, 0.3) is 0 Å². The first-order valence-corrected chi connectivity index (χ1v) is 7.32. The Balaban J connectivity index is 1.94. The molecule has 102 valence electrons. The van der Waals surface area contributed by atoms with E-state index < -0.39 is 0 Å². The third kappa shape index (κ3) is 2.36. The Morgan fingerprint density at radius 1 is 1.30 bits per heavy atom. The summed E-state index contributed by atoms with van der Waals surface area (Å²) in [4.78, 5) is 18.1. The number of rotatable bonds is 3. The average molecular weight is 286 g/mol. The second-order valence-electron chi connectivity index (χ2n) is 4.41. The van der Waals surface area contributed by atoms with Crippen LogP contribution in [0.5, 0.6) is 5.75 Å². The fraction of sp³-hybridized carbons (Fsp3) is 0.200. The number of carbonyl (C=O) groups is 1. The van der Waals surface area contributed by atoms with E-state index in [1.54, 1.807) is 25.1 Å². The number of aromatic nitrogens is 1. The zero-order chi connectivity index (χ0) is 13.9. The highest BCUT2D eigenvalue weighted by molar-refractivity contribution is 8.00. The minimum atomic E-state index is -0.00963. The van der Waals surface area contributed by atoms with Gasteiger partial charge in [0.15, 0.2) is 0 Å². The Bertz CT molecular complexity index is 601. The molecule has 20 heavy (non-hydrogen) atoms. The van der Waals surface area contributed by atoms with Crippen LogP contribution < -0.4 is 9.64 Å². The largest absolute Gasteiger partial charge is 0.497 e. The first-order chi connectivity index (χ1) is 9.79. The minimum absolute atomic E-state index is 0.00963. The van der Waals surface area contributed by atoms with Gasteiger partial charge in [0.1, 0.15) is 11.1 Å². The maximum absolute atomic E-state index is 12.2. The Morgan fingerprint density at radius 2 is 2.10 bits per heavy atom. The first-order valence-electron chi connectivity index (χ1n) is 6.27. The predicted octanol–water partition coefficient (Wildman–Crippen LogP) is 2.87. The third-order valence-corrected chi connectivity index (χ3v) is 4.40. The summed E-state index contributed by atoms with van der Waals surface area (Å²) in [7, 11) is 1.63. The second-order valence-corrected chi connectivity index (χ2v) is 5.48. The third-order valence-electron chi connectivity index (χ3n) is 3.19. The average Bonchev–Trinajstić information content (AvgIpc) is 2.90. The van der Waals surface area contributed by atoms with E-state index in [9.17, 15) is 4.79 Å². The van der Waals surface area contributed by atoms with Crippen LogP contribution in [0.4, 0.5) is 5.69 Å². The molecule has 1 aliphatic rings. The molecule has 1 amide bonds. The molecule has 1 aromatic heterocycles. The number of carbonyl (C=O) groups excluding carboxylic acids is 1. The quantitative estimate of drug-likeness (QED) is 0.870. The van der Waals surface area contributed by atoms with Gasteiger partial charge < -0.3 is 4.74 Å². The van der Waals surface area contributed by atoms with Crippen LogP contribution in [-0.4, -0.2) is 23.8 Å². The van der Waals surface area contributed by atoms with Gasteiger partial charge in [-0.2, -0.15) is 0 Å². The molecule has 1 aromatic carbocycles. The number of anilines is 1. The standard InChI is InChI=1S/C15H14N2O2S/c1-19-13-6-4-12(5-7-13)17-14(18)10-20-15(17)11-3-2-8-16-9-11/h2-9,15H,10H2,1H3. The summed E-state index contributed by atoms with van der Waals surface area (Å²) in [5.74, 6) is 1.39. The van der Waals surface area contributed by atoms with Gasteiger partial charge in [-0.1, -0.05) is 6.07 Å². The summed E-state index contributed by atoms with van der Waals surface area (Å²) in [5.41, 5.74) is 1.92. The van der Waals surface area contributed by atoms with Gasteiger partial charge in [0.05, 0.1) is 12.9 Å². The Kier molecular flexibility index (Phi) is 3.60. The molecule has 0 radical (unpaired) electrons. The van der Waals surface area contributed by atoms with Crippen LogP contribution in [0.15, 0.2) is 48.8 Å². The van der Waals surface area contributed by atoms with Crippen molar-refractivity contribution >= 4 is 23.4 Å². The maximum atomic E-state index is 12.2. The van der Waals surface area contributed by atoms with E-state index in [1.807, 2.05) is 47.5 Å². The smallest absolute Gasteiger partial charge is 0.238 e. The Morgan fingerprint density at radius 3 is 2.75 bits per heavy atom. The molecule has 0 aliphatic carbocycles. The van der Waals surface area contributed by atoms with Crippen LogP contribution in [0, 0.1) is 0 Å². The van der Waals surface area contributed by atoms with Crippen molar-refractivity contribution in [3.05, 3.63) is 54.4 Å². The van der Waals surface area contributed by atoms with Crippen LogP contribution in [0.2, 0.25) is 0 Å². The molecule has 0 bridgehead atoms. The number of amides is 1. The van der Waals surface area contributed by atoms with Gasteiger partial charge in [-0.15, -0.1) is 11.8 Å². The van der Waals surface area contributed by atoms with E-state index in [4.69, 9.17) is 4.74 Å². The van der Waals surface area contributed by atoms with Gasteiger partial charge >= 0.3 is 0 Å². The van der Waals surface area contributed by atoms with E-state index in [0.717, 1.165) is 17.0 Å². The molecule has 1 fully saturated rings. The Hall–Kier alpha value is -2.01. The summed E-state index contributed by atoms with van der Waals surface area (Å²) in [6.07, 6.45) is 3.55. The summed E-state index contributed by atoms with van der Waals surface area (Å²) in [6.45, 7) is 0. The van der Waals surface area contributed by atoms with Gasteiger partial charge in [0.25, 0.3) is 0 Å². The van der Waals surface area contributed by atoms with Crippen LogP contribution in [-0.2, 0) is 4.79 Å². The van der Waals surface area contributed by atoms with Gasteiger partial charge in [-0.25, -0.2) is 0 Å². The van der Waals surface area contributed by atoms with Crippen LogP contribution >= 0.6 is 11.8 Å². The summed E-state index contributed by atoms with van der Waals surface area (Å²) >= 11 is 1.62. The lowest BCUT2D eigenvalue weighted by Crippen LogP contribution is -2.27. The summed E-state index contributed by atoms with van der Waals surface area (Å²) in [6, 6.07) is 11.4. The van der Waals surface area contributed by atoms with E-state index >= 15 is 0 Å². The number of benzene rings is 1. The van der Waals surface area contributed by atoms with Crippen molar-refractivity contribution in [3.8, 4) is 5.75 Å². The molecule has 3 rings (SSSR count). The number of methoxy groups -OCH3 is 1. The van der Waals surface area contributed by atoms with E-state index in [0.29, 0.717) is 5.75 Å². The first kappa shape index (κ1) is 13.0. The lowest BCUT2D eigenvalue weighted by atomic mass is 10.2. The summed E-state index contributed by atoms with van der Waals surface area (Å²) in [5, 5.41) is -0.00963. The molecule has 0 saturated carbocycles. The number of hydrogen-bond donors (Lipinski definition) is 0. The molecule has 2 aromatic rings. The SMILES string of the molecule is COc1ccc(N2C(=O)CSC2c2cccnc2)cc1. The fourth-order valence-electron chi connectivity index (χ4n) is 2.21. The molecule has 2 heterocycles. The van der Waals surface area contributed by atoms with Gasteiger partial charge in [-0.05, 0) is 30.3 Å². The Labute approximate surface area is 121 Å². The van der Waals surface area contributed by atoms with Crippen molar-refractivity contribution in [1.29, 1.82) is 0 Å². The van der Waals surface area contributed by atoms with Gasteiger partial charge in [0.2, 0.25) is 5.91 Å². The van der Waals surface area contributed by atoms with Gasteiger partial charge in [-0.3, -0.25) is 14.7 Å². The lowest BCUT2D eigenvalue weighted by Gasteiger charge is -2.24. The number of thioether (sulfide) groups is 1. The molecule has 4 nitrogen and oxygen atoms in total. The molecule has 0 spiro atoms. The monoisotopic (exact) mass is 286 g/mol. The number of nitrogens with zero attached hydrogens (tertiary/aromatic N) is 2. The predicted molar refractivity (Wildman–Crippen MR) is 79.9 cm³/mol. The zero-order valence-corrected chi connectivity index (χ0v) is 11.8. The number of hydrogen-bond acceptors (Lipinski definition) is 4. The second kappa shape index (κ2) is 5.54. The van der Waals surface area contributed by atoms with Crippen molar-refractivity contribution < 1.29 is 9.53 Å². The molecule has 1 unspecified atom stereocenters. The van der Waals surface area contributed by atoms with E-state index in [2.05, 4.69) is 4.98 Å². The normalized spacial score (nSPS) is 18.4. The molecule has 1 atom stereocenters. The fourth-order valence-corrected chi connectivity index (χ4v) is 3.37. The molecular formula is C15H14N2O2S. The highest BCUT2D eigenvalue weighted by Gasteiger charge is 2.34. The summed E-state index contributed by atoms with van der Waals surface area (Å²) < 4.78 is 5.15. The van der Waals surface area contributed by atoms with Crippen LogP contribution in [0.3, 0.4) is 0 Å². The topological polar surface area (TPSA) is 42.4 Å². The van der Waals surface area contributed by atoms with Crippen LogP contribution in [0.1, 0.15) is 10.9 Å². The van der Waals surface area contributed by atoms with Crippen molar-refractivity contribution in [3.63, 3.8) is 0 Å². The zero-order valence-electron chi connectivity index (χ0n) is 11.0. The highest BCUT2D eigenvalue weighted by atomic mass is 32.2. The molecule has 1 saturated heterocycles. The maximum Gasteiger partial charge on any atom is 0.238 e. The minimum Gasteiger partial charge on any atom is -0.497 e. The van der Waals surface area contributed by atoms with Crippen molar-refractivity contribution in [1.82, 2.24) is 4.98 Å². The lowest BCUT2D eigenvalue weighted by molar-refractivity contribution is -0.115. The molecule has 0 N–H and O–H groups in total. The molecule has 5 heteroatoms. The molecule has 1 aliphatic heterocycles. The molecular weight excluding hydrogens is 272 g/mol. The van der Waals surface area contributed by atoms with E-state index in [-0.39, 0.29) is 11.3 Å². The number of pyridine rings is 1. The van der Waals surface area contributed by atoms with Crippen molar-refractivity contribution in [2.45, 2.75) is 5.37 Å². The highest BCUT2D eigenvalue weighted by Crippen LogP contribution is 2.41.